The van der Waals surface area contributed by atoms with Gasteiger partial charge in [-0.25, -0.2) is 14.5 Å². The molecule has 8 heteroatoms. The van der Waals surface area contributed by atoms with Gasteiger partial charge in [0.25, 0.3) is 0 Å². The molecule has 3 rings (SSSR count). The zero-order valence-electron chi connectivity index (χ0n) is 15.5. The van der Waals surface area contributed by atoms with Crippen LogP contribution >= 0.6 is 11.6 Å². The third kappa shape index (κ3) is 5.06. The Balaban J connectivity index is 1.46. The first-order valence-corrected chi connectivity index (χ1v) is 9.49. The van der Waals surface area contributed by atoms with E-state index in [1.165, 1.54) is 0 Å². The zero-order chi connectivity index (χ0) is 18.7. The lowest BCUT2D eigenvalue weighted by atomic mass is 9.82. The van der Waals surface area contributed by atoms with Crippen molar-refractivity contribution in [3.63, 3.8) is 0 Å². The summed E-state index contributed by atoms with van der Waals surface area (Å²) in [6, 6.07) is 0. The van der Waals surface area contributed by atoms with Crippen molar-refractivity contribution in [3.8, 4) is 0 Å². The molecule has 1 N–H and O–H groups in total. The van der Waals surface area contributed by atoms with Crippen molar-refractivity contribution in [3.05, 3.63) is 17.7 Å². The fraction of sp³-hybridized carbons (Fsp3) is 0.667. The third-order valence-electron chi connectivity index (χ3n) is 4.68. The highest BCUT2D eigenvalue weighted by atomic mass is 35.5. The molecule has 0 spiro atoms. The van der Waals surface area contributed by atoms with Crippen LogP contribution in [0.1, 0.15) is 46.5 Å². The SMILES string of the molecule is CC(C)(C)OC(=O)NC[C@H]1CC[C@H](Cn2ncc3cnc(Cl)nc32)CC1. The fourth-order valence-corrected chi connectivity index (χ4v) is 3.51. The van der Waals surface area contributed by atoms with E-state index >= 15 is 0 Å². The van der Waals surface area contributed by atoms with E-state index in [1.54, 1.807) is 12.4 Å². The molecule has 1 aliphatic rings. The van der Waals surface area contributed by atoms with E-state index < -0.39 is 5.60 Å². The molecule has 0 aliphatic heterocycles. The quantitative estimate of drug-likeness (QED) is 0.817. The number of rotatable bonds is 4. The standard InChI is InChI=1S/C18H26ClN5O2/c1-18(2,3)26-17(25)21-8-12-4-6-13(7-5-12)11-24-15-14(10-22-24)9-20-16(19)23-15/h9-10,12-13H,4-8,11H2,1-3H3,(H,21,25)/t12-,13-. The van der Waals surface area contributed by atoms with E-state index in [4.69, 9.17) is 16.3 Å². The molecule has 2 aromatic rings. The molecule has 1 amide bonds. The van der Waals surface area contributed by atoms with Crippen LogP contribution in [0, 0.1) is 11.8 Å². The number of carbonyl (C=O) groups is 1. The first-order chi connectivity index (χ1) is 12.3. The summed E-state index contributed by atoms with van der Waals surface area (Å²) in [5, 5.41) is 8.47. The molecule has 2 aromatic heterocycles. The van der Waals surface area contributed by atoms with Crippen molar-refractivity contribution in [2.75, 3.05) is 6.54 Å². The van der Waals surface area contributed by atoms with Gasteiger partial charge in [-0.3, -0.25) is 0 Å². The molecule has 0 atom stereocenters. The fourth-order valence-electron chi connectivity index (χ4n) is 3.38. The number of halogens is 1. The van der Waals surface area contributed by atoms with Gasteiger partial charge >= 0.3 is 6.09 Å². The molecular weight excluding hydrogens is 354 g/mol. The predicted molar refractivity (Wildman–Crippen MR) is 100 cm³/mol. The Hall–Kier alpha value is -1.89. The van der Waals surface area contributed by atoms with E-state index in [0.29, 0.717) is 18.4 Å². The first-order valence-electron chi connectivity index (χ1n) is 9.11. The monoisotopic (exact) mass is 379 g/mol. The maximum atomic E-state index is 11.8. The Labute approximate surface area is 158 Å². The van der Waals surface area contributed by atoms with E-state index in [9.17, 15) is 4.79 Å². The summed E-state index contributed by atoms with van der Waals surface area (Å²) in [5.74, 6) is 1.06. The van der Waals surface area contributed by atoms with Crippen molar-refractivity contribution in [1.29, 1.82) is 0 Å². The lowest BCUT2D eigenvalue weighted by Crippen LogP contribution is -2.36. The maximum Gasteiger partial charge on any atom is 0.407 e. The van der Waals surface area contributed by atoms with Gasteiger partial charge in [0.05, 0.1) is 11.6 Å². The molecule has 7 nitrogen and oxygen atoms in total. The van der Waals surface area contributed by atoms with Crippen LogP contribution in [0.3, 0.4) is 0 Å². The Morgan fingerprint density at radius 1 is 1.27 bits per heavy atom. The normalized spacial score (nSPS) is 20.9. The van der Waals surface area contributed by atoms with Crippen molar-refractivity contribution >= 4 is 28.7 Å². The van der Waals surface area contributed by atoms with Gasteiger partial charge in [-0.1, -0.05) is 0 Å². The third-order valence-corrected chi connectivity index (χ3v) is 4.86. The van der Waals surface area contributed by atoms with Gasteiger partial charge in [0.2, 0.25) is 5.28 Å². The highest BCUT2D eigenvalue weighted by Crippen LogP contribution is 2.30. The van der Waals surface area contributed by atoms with Crippen molar-refractivity contribution in [2.45, 2.75) is 58.6 Å². The minimum Gasteiger partial charge on any atom is -0.444 e. The lowest BCUT2D eigenvalue weighted by molar-refractivity contribution is 0.0513. The van der Waals surface area contributed by atoms with Crippen LogP contribution in [-0.2, 0) is 11.3 Å². The maximum absolute atomic E-state index is 11.8. The van der Waals surface area contributed by atoms with Crippen LogP contribution in [-0.4, -0.2) is 38.0 Å². The summed E-state index contributed by atoms with van der Waals surface area (Å²) in [6.45, 7) is 7.12. The zero-order valence-corrected chi connectivity index (χ0v) is 16.3. The number of fused-ring (bicyclic) bond motifs is 1. The summed E-state index contributed by atoms with van der Waals surface area (Å²) < 4.78 is 7.21. The Morgan fingerprint density at radius 2 is 1.96 bits per heavy atom. The minimum absolute atomic E-state index is 0.246. The van der Waals surface area contributed by atoms with E-state index in [-0.39, 0.29) is 11.4 Å². The molecule has 0 bridgehead atoms. The molecule has 142 valence electrons. The minimum atomic E-state index is -0.458. The number of ether oxygens (including phenoxy) is 1. The summed E-state index contributed by atoms with van der Waals surface area (Å²) in [4.78, 5) is 20.0. The van der Waals surface area contributed by atoms with Crippen LogP contribution in [0.2, 0.25) is 5.28 Å². The number of amides is 1. The second-order valence-corrected chi connectivity index (χ2v) is 8.35. The molecule has 1 saturated carbocycles. The highest BCUT2D eigenvalue weighted by Gasteiger charge is 2.24. The van der Waals surface area contributed by atoms with Gasteiger partial charge in [-0.2, -0.15) is 10.1 Å². The van der Waals surface area contributed by atoms with Gasteiger partial charge in [0.15, 0.2) is 5.65 Å². The Morgan fingerprint density at radius 3 is 2.65 bits per heavy atom. The van der Waals surface area contributed by atoms with Gasteiger partial charge in [-0.15, -0.1) is 0 Å². The second kappa shape index (κ2) is 7.78. The van der Waals surface area contributed by atoms with Crippen molar-refractivity contribution < 1.29 is 9.53 Å². The predicted octanol–water partition coefficient (Wildman–Crippen LogP) is 3.81. The summed E-state index contributed by atoms with van der Waals surface area (Å²) in [6.07, 6.45) is 7.56. The van der Waals surface area contributed by atoms with Crippen LogP contribution in [0.15, 0.2) is 12.4 Å². The number of hydrogen-bond donors (Lipinski definition) is 1. The number of alkyl carbamates (subject to hydrolysis) is 1. The van der Waals surface area contributed by atoms with Crippen LogP contribution in [0.4, 0.5) is 4.79 Å². The van der Waals surface area contributed by atoms with Crippen molar-refractivity contribution in [1.82, 2.24) is 25.1 Å². The molecule has 0 saturated heterocycles. The van der Waals surface area contributed by atoms with Crippen molar-refractivity contribution in [2.24, 2.45) is 11.8 Å². The summed E-state index contributed by atoms with van der Waals surface area (Å²) in [5.41, 5.74) is 0.333. The van der Waals surface area contributed by atoms with Gasteiger partial charge in [-0.05, 0) is 69.9 Å². The average Bonchev–Trinajstić information content (AvgIpc) is 2.95. The number of nitrogens with zero attached hydrogens (tertiary/aromatic N) is 4. The smallest absolute Gasteiger partial charge is 0.407 e. The summed E-state index contributed by atoms with van der Waals surface area (Å²) in [7, 11) is 0. The Kier molecular flexibility index (Phi) is 5.65. The van der Waals surface area contributed by atoms with Gasteiger partial charge < -0.3 is 10.1 Å². The van der Waals surface area contributed by atoms with Gasteiger partial charge in [0.1, 0.15) is 5.60 Å². The molecule has 1 fully saturated rings. The Bertz CT molecular complexity index is 763. The lowest BCUT2D eigenvalue weighted by Gasteiger charge is -2.29. The molecule has 0 unspecified atom stereocenters. The molecule has 26 heavy (non-hydrogen) atoms. The molecule has 0 aromatic carbocycles. The molecule has 1 aliphatic carbocycles. The highest BCUT2D eigenvalue weighted by molar-refractivity contribution is 6.28. The van der Waals surface area contributed by atoms with E-state index in [2.05, 4.69) is 20.4 Å². The van der Waals surface area contributed by atoms with E-state index in [0.717, 1.165) is 43.3 Å². The molecule has 0 radical (unpaired) electrons. The molecular formula is C18H26ClN5O2. The van der Waals surface area contributed by atoms with Gasteiger partial charge in [0, 0.05) is 19.3 Å². The van der Waals surface area contributed by atoms with Crippen LogP contribution in [0.25, 0.3) is 11.0 Å². The number of aromatic nitrogens is 4. The number of carbonyl (C=O) groups excluding carboxylic acids is 1. The average molecular weight is 380 g/mol. The number of nitrogens with one attached hydrogen (secondary N) is 1. The second-order valence-electron chi connectivity index (χ2n) is 8.01. The first kappa shape index (κ1) is 18.9. The largest absolute Gasteiger partial charge is 0.444 e. The van der Waals surface area contributed by atoms with Crippen LogP contribution in [0.5, 0.6) is 0 Å². The summed E-state index contributed by atoms with van der Waals surface area (Å²) >= 11 is 5.90. The molecule has 2 heterocycles. The number of hydrogen-bond acceptors (Lipinski definition) is 5. The van der Waals surface area contributed by atoms with E-state index in [1.807, 2.05) is 25.5 Å². The topological polar surface area (TPSA) is 81.9 Å². The van der Waals surface area contributed by atoms with Crippen LogP contribution < -0.4 is 5.32 Å².